The third kappa shape index (κ3) is 3.80. The number of aliphatic imine (C=N–C) groups is 1. The van der Waals surface area contributed by atoms with Gasteiger partial charge in [0.15, 0.2) is 0 Å². The van der Waals surface area contributed by atoms with Crippen molar-refractivity contribution < 1.29 is 14.3 Å². The number of alkyl carbamates (subject to hydrolysis) is 1. The van der Waals surface area contributed by atoms with E-state index in [0.29, 0.717) is 0 Å². The van der Waals surface area contributed by atoms with Crippen molar-refractivity contribution in [3.63, 3.8) is 0 Å². The van der Waals surface area contributed by atoms with Gasteiger partial charge in [0.2, 0.25) is 6.08 Å². The van der Waals surface area contributed by atoms with E-state index in [2.05, 4.69) is 10.3 Å². The van der Waals surface area contributed by atoms with Gasteiger partial charge >= 0.3 is 6.09 Å². The molecule has 0 aromatic heterocycles. The molecule has 0 aliphatic heterocycles. The van der Waals surface area contributed by atoms with Crippen molar-refractivity contribution in [2.45, 2.75) is 77.0 Å². The van der Waals surface area contributed by atoms with E-state index in [9.17, 15) is 9.59 Å². The Labute approximate surface area is 114 Å². The van der Waals surface area contributed by atoms with Crippen LogP contribution >= 0.6 is 0 Å². The van der Waals surface area contributed by atoms with Crippen LogP contribution in [0.3, 0.4) is 0 Å². The van der Waals surface area contributed by atoms with Crippen LogP contribution < -0.4 is 5.32 Å². The minimum Gasteiger partial charge on any atom is -0.444 e. The van der Waals surface area contributed by atoms with Gasteiger partial charge in [0.25, 0.3) is 0 Å². The number of nitrogens with one attached hydrogen (secondary N) is 1. The SMILES string of the molecule is CC(C)(C)OC(=O)NC1(C(C)(C)N=C=O)CCCC1. The Balaban J connectivity index is 2.90. The number of hydrogen-bond donors (Lipinski definition) is 1. The average Bonchev–Trinajstić information content (AvgIpc) is 2.64. The number of isocyanates is 1. The zero-order chi connectivity index (χ0) is 14.7. The molecule has 0 heterocycles. The molecule has 5 nitrogen and oxygen atoms in total. The van der Waals surface area contributed by atoms with E-state index in [0.717, 1.165) is 25.7 Å². The third-order valence-corrected chi connectivity index (χ3v) is 3.69. The van der Waals surface area contributed by atoms with E-state index in [1.54, 1.807) is 6.08 Å². The minimum absolute atomic E-state index is 0.455. The summed E-state index contributed by atoms with van der Waals surface area (Å²) in [5.41, 5.74) is -1.74. The van der Waals surface area contributed by atoms with Gasteiger partial charge in [-0.15, -0.1) is 0 Å². The van der Waals surface area contributed by atoms with E-state index >= 15 is 0 Å². The van der Waals surface area contributed by atoms with Crippen molar-refractivity contribution in [3.8, 4) is 0 Å². The van der Waals surface area contributed by atoms with Gasteiger partial charge in [-0.05, 0) is 47.5 Å². The van der Waals surface area contributed by atoms with Crippen LogP contribution in [0, 0.1) is 0 Å². The van der Waals surface area contributed by atoms with Gasteiger partial charge in [0.1, 0.15) is 5.60 Å². The highest BCUT2D eigenvalue weighted by atomic mass is 16.6. The molecule has 0 aromatic carbocycles. The van der Waals surface area contributed by atoms with Crippen LogP contribution in [-0.4, -0.2) is 28.9 Å². The first-order valence-electron chi connectivity index (χ1n) is 6.72. The first-order chi connectivity index (χ1) is 8.62. The monoisotopic (exact) mass is 268 g/mol. The molecule has 108 valence electrons. The third-order valence-electron chi connectivity index (χ3n) is 3.69. The van der Waals surface area contributed by atoms with Crippen molar-refractivity contribution in [2.75, 3.05) is 0 Å². The fourth-order valence-electron chi connectivity index (χ4n) is 2.59. The maximum Gasteiger partial charge on any atom is 0.408 e. The molecule has 1 rings (SSSR count). The number of amides is 1. The van der Waals surface area contributed by atoms with E-state index in [4.69, 9.17) is 4.74 Å². The Morgan fingerprint density at radius 3 is 2.16 bits per heavy atom. The highest BCUT2D eigenvalue weighted by Crippen LogP contribution is 2.40. The maximum atomic E-state index is 12.0. The second-order valence-corrected chi connectivity index (χ2v) is 6.68. The van der Waals surface area contributed by atoms with Crippen molar-refractivity contribution in [1.29, 1.82) is 0 Å². The summed E-state index contributed by atoms with van der Waals surface area (Å²) in [7, 11) is 0. The van der Waals surface area contributed by atoms with Crippen LogP contribution in [-0.2, 0) is 9.53 Å². The van der Waals surface area contributed by atoms with E-state index in [1.807, 2.05) is 34.6 Å². The lowest BCUT2D eigenvalue weighted by Gasteiger charge is -2.41. The summed E-state index contributed by atoms with van der Waals surface area (Å²) in [5, 5.41) is 2.94. The predicted molar refractivity (Wildman–Crippen MR) is 72.8 cm³/mol. The second-order valence-electron chi connectivity index (χ2n) is 6.68. The number of rotatable bonds is 3. The summed E-state index contributed by atoms with van der Waals surface area (Å²) < 4.78 is 5.31. The van der Waals surface area contributed by atoms with Crippen LogP contribution in [0.4, 0.5) is 4.79 Å². The normalized spacial score (nSPS) is 18.6. The highest BCUT2D eigenvalue weighted by Gasteiger charge is 2.49. The molecule has 0 radical (unpaired) electrons. The summed E-state index contributed by atoms with van der Waals surface area (Å²) >= 11 is 0. The average molecular weight is 268 g/mol. The maximum absolute atomic E-state index is 12.0. The number of hydrogen-bond acceptors (Lipinski definition) is 4. The molecule has 1 aliphatic rings. The quantitative estimate of drug-likeness (QED) is 0.632. The lowest BCUT2D eigenvalue weighted by atomic mass is 9.78. The molecular formula is C14H24N2O3. The molecular weight excluding hydrogens is 244 g/mol. The van der Waals surface area contributed by atoms with Crippen molar-refractivity contribution in [1.82, 2.24) is 5.32 Å². The fraction of sp³-hybridized carbons (Fsp3) is 0.857. The second kappa shape index (κ2) is 5.33. The Morgan fingerprint density at radius 1 is 1.21 bits per heavy atom. The van der Waals surface area contributed by atoms with Crippen LogP contribution in [0.25, 0.3) is 0 Å². The molecule has 1 amide bonds. The first kappa shape index (κ1) is 15.7. The van der Waals surface area contributed by atoms with Crippen LogP contribution in [0.5, 0.6) is 0 Å². The number of carbonyl (C=O) groups is 1. The molecule has 19 heavy (non-hydrogen) atoms. The van der Waals surface area contributed by atoms with Crippen LogP contribution in [0.1, 0.15) is 60.3 Å². The molecule has 0 spiro atoms. The molecule has 0 bridgehead atoms. The van der Waals surface area contributed by atoms with Gasteiger partial charge in [-0.3, -0.25) is 0 Å². The molecule has 1 aliphatic carbocycles. The summed E-state index contributed by atoms with van der Waals surface area (Å²) in [6.07, 6.45) is 4.77. The van der Waals surface area contributed by atoms with Crippen LogP contribution in [0.2, 0.25) is 0 Å². The summed E-state index contributed by atoms with van der Waals surface area (Å²) in [6.45, 7) is 9.16. The standard InChI is InChI=1S/C14H24N2O3/c1-12(2,3)19-11(18)16-14(8-6-7-9-14)13(4,5)15-10-17/h6-9H2,1-5H3,(H,16,18). The van der Waals surface area contributed by atoms with Crippen molar-refractivity contribution in [2.24, 2.45) is 4.99 Å². The lowest BCUT2D eigenvalue weighted by molar-refractivity contribution is 0.0403. The zero-order valence-corrected chi connectivity index (χ0v) is 12.5. The number of carbonyl (C=O) groups excluding carboxylic acids is 2. The Bertz CT molecular complexity index is 384. The molecule has 0 saturated heterocycles. The van der Waals surface area contributed by atoms with Gasteiger partial charge in [-0.25, -0.2) is 9.59 Å². The van der Waals surface area contributed by atoms with Gasteiger partial charge in [0.05, 0.1) is 11.1 Å². The minimum atomic E-state index is -0.678. The van der Waals surface area contributed by atoms with Gasteiger partial charge in [0, 0.05) is 0 Å². The highest BCUT2D eigenvalue weighted by molar-refractivity contribution is 5.69. The Hall–Kier alpha value is -1.35. The summed E-state index contributed by atoms with van der Waals surface area (Å²) in [5.74, 6) is 0. The molecule has 0 atom stereocenters. The molecule has 1 saturated carbocycles. The fourth-order valence-corrected chi connectivity index (χ4v) is 2.59. The first-order valence-corrected chi connectivity index (χ1v) is 6.72. The van der Waals surface area contributed by atoms with Crippen molar-refractivity contribution >= 4 is 12.2 Å². The lowest BCUT2D eigenvalue weighted by Crippen LogP contribution is -2.60. The van der Waals surface area contributed by atoms with E-state index < -0.39 is 22.8 Å². The van der Waals surface area contributed by atoms with Crippen molar-refractivity contribution in [3.05, 3.63) is 0 Å². The Morgan fingerprint density at radius 2 is 1.74 bits per heavy atom. The topological polar surface area (TPSA) is 67.8 Å². The van der Waals surface area contributed by atoms with E-state index in [-0.39, 0.29) is 0 Å². The molecule has 0 aromatic rings. The number of nitrogens with zero attached hydrogens (tertiary/aromatic N) is 1. The zero-order valence-electron chi connectivity index (χ0n) is 12.5. The number of ether oxygens (including phenoxy) is 1. The van der Waals surface area contributed by atoms with Gasteiger partial charge in [-0.1, -0.05) is 12.8 Å². The van der Waals surface area contributed by atoms with Gasteiger partial charge in [-0.2, -0.15) is 4.99 Å². The summed E-state index contributed by atoms with van der Waals surface area (Å²) in [4.78, 5) is 26.5. The summed E-state index contributed by atoms with van der Waals surface area (Å²) in [6, 6.07) is 0. The van der Waals surface area contributed by atoms with Gasteiger partial charge < -0.3 is 10.1 Å². The molecule has 0 unspecified atom stereocenters. The predicted octanol–water partition coefficient (Wildman–Crippen LogP) is 2.94. The van der Waals surface area contributed by atoms with E-state index in [1.165, 1.54) is 0 Å². The molecule has 1 N–H and O–H groups in total. The molecule has 1 fully saturated rings. The largest absolute Gasteiger partial charge is 0.444 e. The van der Waals surface area contributed by atoms with Crippen LogP contribution in [0.15, 0.2) is 4.99 Å². The molecule has 5 heteroatoms. The Kier molecular flexibility index (Phi) is 4.41. The smallest absolute Gasteiger partial charge is 0.408 e.